The van der Waals surface area contributed by atoms with Crippen LogP contribution in [0, 0.1) is 13.8 Å². The van der Waals surface area contributed by atoms with Crippen molar-refractivity contribution in [2.45, 2.75) is 20.3 Å². The summed E-state index contributed by atoms with van der Waals surface area (Å²) in [6.07, 6.45) is 2.57. The van der Waals surface area contributed by atoms with Crippen molar-refractivity contribution in [2.75, 3.05) is 31.4 Å². The zero-order valence-electron chi connectivity index (χ0n) is 16.7. The Labute approximate surface area is 166 Å². The quantitative estimate of drug-likeness (QED) is 0.601. The molecule has 0 fully saturated rings. The molecular formula is C22H26N4O2. The SMILES string of the molecule is COc1ccc(CCNc2nccc(Nc3cc(C)ccc3C)n2)cc1OC. The van der Waals surface area contributed by atoms with Crippen LogP contribution in [0.25, 0.3) is 0 Å². The first-order valence-corrected chi connectivity index (χ1v) is 9.21. The molecule has 0 aliphatic heterocycles. The molecule has 0 saturated carbocycles. The van der Waals surface area contributed by atoms with Crippen LogP contribution in [0.5, 0.6) is 11.5 Å². The molecule has 0 radical (unpaired) electrons. The van der Waals surface area contributed by atoms with Gasteiger partial charge < -0.3 is 20.1 Å². The second-order valence-corrected chi connectivity index (χ2v) is 6.57. The summed E-state index contributed by atoms with van der Waals surface area (Å²) in [6, 6.07) is 14.1. The molecule has 0 saturated heterocycles. The summed E-state index contributed by atoms with van der Waals surface area (Å²) in [5.74, 6) is 2.82. The Morgan fingerprint density at radius 1 is 0.929 bits per heavy atom. The fourth-order valence-electron chi connectivity index (χ4n) is 2.88. The van der Waals surface area contributed by atoms with E-state index in [1.54, 1.807) is 20.4 Å². The van der Waals surface area contributed by atoms with Gasteiger partial charge in [-0.15, -0.1) is 0 Å². The van der Waals surface area contributed by atoms with E-state index in [0.717, 1.165) is 35.0 Å². The van der Waals surface area contributed by atoms with Crippen molar-refractivity contribution < 1.29 is 9.47 Å². The first-order chi connectivity index (χ1) is 13.6. The lowest BCUT2D eigenvalue weighted by Gasteiger charge is -2.12. The summed E-state index contributed by atoms with van der Waals surface area (Å²) in [7, 11) is 3.28. The Kier molecular flexibility index (Phi) is 6.32. The number of methoxy groups -OCH3 is 2. The van der Waals surface area contributed by atoms with Crippen molar-refractivity contribution in [3.63, 3.8) is 0 Å². The van der Waals surface area contributed by atoms with Gasteiger partial charge in [0, 0.05) is 18.4 Å². The van der Waals surface area contributed by atoms with Gasteiger partial charge in [-0.1, -0.05) is 18.2 Å². The first-order valence-electron chi connectivity index (χ1n) is 9.21. The van der Waals surface area contributed by atoms with Gasteiger partial charge in [-0.25, -0.2) is 4.98 Å². The predicted molar refractivity (Wildman–Crippen MR) is 113 cm³/mol. The fourth-order valence-corrected chi connectivity index (χ4v) is 2.88. The molecule has 2 N–H and O–H groups in total. The number of ether oxygens (including phenoxy) is 2. The van der Waals surface area contributed by atoms with E-state index < -0.39 is 0 Å². The van der Waals surface area contributed by atoms with E-state index in [0.29, 0.717) is 12.5 Å². The van der Waals surface area contributed by atoms with E-state index in [2.05, 4.69) is 52.6 Å². The zero-order chi connectivity index (χ0) is 19.9. The van der Waals surface area contributed by atoms with Crippen molar-refractivity contribution in [1.29, 1.82) is 0 Å². The van der Waals surface area contributed by atoms with Crippen LogP contribution in [-0.2, 0) is 6.42 Å². The number of nitrogens with zero attached hydrogens (tertiary/aromatic N) is 2. The van der Waals surface area contributed by atoms with Crippen LogP contribution in [0.3, 0.4) is 0 Å². The molecule has 0 spiro atoms. The maximum atomic E-state index is 5.35. The van der Waals surface area contributed by atoms with E-state index >= 15 is 0 Å². The summed E-state index contributed by atoms with van der Waals surface area (Å²) >= 11 is 0. The average molecular weight is 378 g/mol. The third kappa shape index (κ3) is 4.91. The molecule has 2 aromatic carbocycles. The minimum Gasteiger partial charge on any atom is -0.493 e. The van der Waals surface area contributed by atoms with E-state index in [4.69, 9.17) is 9.47 Å². The summed E-state index contributed by atoms with van der Waals surface area (Å²) in [5.41, 5.74) is 4.58. The van der Waals surface area contributed by atoms with Crippen LogP contribution in [0.15, 0.2) is 48.7 Å². The average Bonchev–Trinajstić information content (AvgIpc) is 2.71. The lowest BCUT2D eigenvalue weighted by Crippen LogP contribution is -2.09. The van der Waals surface area contributed by atoms with Gasteiger partial charge in [0.2, 0.25) is 5.95 Å². The van der Waals surface area contributed by atoms with Gasteiger partial charge >= 0.3 is 0 Å². The Morgan fingerprint density at radius 2 is 1.75 bits per heavy atom. The van der Waals surface area contributed by atoms with Crippen molar-refractivity contribution in [1.82, 2.24) is 9.97 Å². The largest absolute Gasteiger partial charge is 0.493 e. The Hall–Kier alpha value is -3.28. The highest BCUT2D eigenvalue weighted by Gasteiger charge is 2.06. The Balaban J connectivity index is 1.61. The molecule has 0 aliphatic rings. The second kappa shape index (κ2) is 9.08. The number of hydrogen-bond acceptors (Lipinski definition) is 6. The Morgan fingerprint density at radius 3 is 2.54 bits per heavy atom. The van der Waals surface area contributed by atoms with Crippen LogP contribution in [-0.4, -0.2) is 30.7 Å². The topological polar surface area (TPSA) is 68.3 Å². The molecule has 6 heteroatoms. The molecular weight excluding hydrogens is 352 g/mol. The van der Waals surface area contributed by atoms with Gasteiger partial charge in [-0.05, 0) is 61.2 Å². The number of rotatable bonds is 8. The minimum absolute atomic E-state index is 0.593. The second-order valence-electron chi connectivity index (χ2n) is 6.57. The number of anilines is 3. The molecule has 146 valence electrons. The number of aromatic nitrogens is 2. The Bertz CT molecular complexity index is 944. The number of aryl methyl sites for hydroxylation is 2. The van der Waals surface area contributed by atoms with E-state index in [9.17, 15) is 0 Å². The molecule has 0 atom stereocenters. The lowest BCUT2D eigenvalue weighted by molar-refractivity contribution is 0.354. The summed E-state index contributed by atoms with van der Waals surface area (Å²) < 4.78 is 10.6. The van der Waals surface area contributed by atoms with Gasteiger partial charge in [0.25, 0.3) is 0 Å². The van der Waals surface area contributed by atoms with Crippen LogP contribution in [0.4, 0.5) is 17.5 Å². The number of nitrogens with one attached hydrogen (secondary N) is 2. The van der Waals surface area contributed by atoms with Gasteiger partial charge in [0.05, 0.1) is 14.2 Å². The molecule has 0 unspecified atom stereocenters. The fraction of sp³-hybridized carbons (Fsp3) is 0.273. The molecule has 1 heterocycles. The number of benzene rings is 2. The van der Waals surface area contributed by atoms with Crippen molar-refractivity contribution in [2.24, 2.45) is 0 Å². The van der Waals surface area contributed by atoms with Crippen LogP contribution in [0.2, 0.25) is 0 Å². The maximum Gasteiger partial charge on any atom is 0.224 e. The third-order valence-electron chi connectivity index (χ3n) is 4.46. The zero-order valence-corrected chi connectivity index (χ0v) is 16.7. The monoisotopic (exact) mass is 378 g/mol. The number of hydrogen-bond donors (Lipinski definition) is 2. The van der Waals surface area contributed by atoms with Crippen molar-refractivity contribution in [3.8, 4) is 11.5 Å². The predicted octanol–water partition coefficient (Wildman–Crippen LogP) is 4.51. The molecule has 6 nitrogen and oxygen atoms in total. The van der Waals surface area contributed by atoms with Gasteiger partial charge in [-0.2, -0.15) is 4.98 Å². The standard InChI is InChI=1S/C22H26N4O2/c1-15-5-6-16(2)18(13-15)25-21-10-12-24-22(26-21)23-11-9-17-7-8-19(27-3)20(14-17)28-4/h5-8,10,12-14H,9,11H2,1-4H3,(H2,23,24,25,26). The van der Waals surface area contributed by atoms with Crippen LogP contribution in [0.1, 0.15) is 16.7 Å². The lowest BCUT2D eigenvalue weighted by atomic mass is 10.1. The van der Waals surface area contributed by atoms with Gasteiger partial charge in [0.15, 0.2) is 11.5 Å². The highest BCUT2D eigenvalue weighted by Crippen LogP contribution is 2.27. The highest BCUT2D eigenvalue weighted by atomic mass is 16.5. The van der Waals surface area contributed by atoms with E-state index in [1.165, 1.54) is 11.1 Å². The van der Waals surface area contributed by atoms with E-state index in [1.807, 2.05) is 24.3 Å². The summed E-state index contributed by atoms with van der Waals surface area (Å²) in [5, 5.41) is 6.64. The first kappa shape index (κ1) is 19.5. The van der Waals surface area contributed by atoms with Crippen LogP contribution < -0.4 is 20.1 Å². The van der Waals surface area contributed by atoms with E-state index in [-0.39, 0.29) is 0 Å². The maximum absolute atomic E-state index is 5.35. The molecule has 0 bridgehead atoms. The molecule has 3 rings (SSSR count). The third-order valence-corrected chi connectivity index (χ3v) is 4.46. The normalized spacial score (nSPS) is 10.4. The molecule has 3 aromatic rings. The highest BCUT2D eigenvalue weighted by molar-refractivity contribution is 5.61. The minimum atomic E-state index is 0.593. The molecule has 28 heavy (non-hydrogen) atoms. The smallest absolute Gasteiger partial charge is 0.224 e. The molecule has 1 aromatic heterocycles. The van der Waals surface area contributed by atoms with Gasteiger partial charge in [-0.3, -0.25) is 0 Å². The summed E-state index contributed by atoms with van der Waals surface area (Å²) in [4.78, 5) is 8.86. The van der Waals surface area contributed by atoms with Crippen molar-refractivity contribution in [3.05, 3.63) is 65.4 Å². The van der Waals surface area contributed by atoms with Crippen LogP contribution >= 0.6 is 0 Å². The summed E-state index contributed by atoms with van der Waals surface area (Å²) in [6.45, 7) is 4.86. The molecule has 0 amide bonds. The molecule has 0 aliphatic carbocycles. The van der Waals surface area contributed by atoms with Crippen molar-refractivity contribution >= 4 is 17.5 Å². The van der Waals surface area contributed by atoms with Gasteiger partial charge in [0.1, 0.15) is 5.82 Å².